The lowest BCUT2D eigenvalue weighted by molar-refractivity contribution is -0.126. The summed E-state index contributed by atoms with van der Waals surface area (Å²) in [5, 5.41) is 0. The Hall–Kier alpha value is -0.370. The standard InChI is InChI=1S/C10H19NO/c1-3-4-5-9-8-11(2)7-6-10(9)12/h9H,3-8H2,1-2H3. The molecule has 0 spiro atoms. The molecule has 0 aliphatic carbocycles. The van der Waals surface area contributed by atoms with Crippen molar-refractivity contribution in [3.63, 3.8) is 0 Å². The molecule has 1 unspecified atom stereocenters. The number of Topliss-reactive ketones (excluding diaryl/α,β-unsaturated/α-hetero) is 1. The van der Waals surface area contributed by atoms with E-state index in [0.29, 0.717) is 11.7 Å². The van der Waals surface area contributed by atoms with Crippen molar-refractivity contribution in [2.24, 2.45) is 5.92 Å². The topological polar surface area (TPSA) is 20.3 Å². The summed E-state index contributed by atoms with van der Waals surface area (Å²) in [6.07, 6.45) is 4.27. The SMILES string of the molecule is CCCCC1CN(C)CCC1=O. The largest absolute Gasteiger partial charge is 0.305 e. The molecule has 1 rings (SSSR count). The summed E-state index contributed by atoms with van der Waals surface area (Å²) in [4.78, 5) is 13.7. The molecule has 1 aliphatic rings. The molecule has 1 atom stereocenters. The average molecular weight is 169 g/mol. The van der Waals surface area contributed by atoms with Crippen LogP contribution in [-0.4, -0.2) is 30.8 Å². The molecule has 0 saturated carbocycles. The van der Waals surface area contributed by atoms with Crippen LogP contribution in [0.4, 0.5) is 0 Å². The molecule has 0 aromatic carbocycles. The fourth-order valence-corrected chi connectivity index (χ4v) is 1.78. The molecule has 1 aliphatic heterocycles. The molecule has 70 valence electrons. The molecule has 0 bridgehead atoms. The van der Waals surface area contributed by atoms with Crippen LogP contribution in [0.5, 0.6) is 0 Å². The molecule has 1 heterocycles. The van der Waals surface area contributed by atoms with Gasteiger partial charge in [0.15, 0.2) is 0 Å². The maximum absolute atomic E-state index is 11.4. The van der Waals surface area contributed by atoms with Crippen LogP contribution in [0, 0.1) is 5.92 Å². The van der Waals surface area contributed by atoms with E-state index < -0.39 is 0 Å². The van der Waals surface area contributed by atoms with Crippen molar-refractivity contribution < 1.29 is 4.79 Å². The molecular weight excluding hydrogens is 150 g/mol. The van der Waals surface area contributed by atoms with E-state index in [1.165, 1.54) is 12.8 Å². The smallest absolute Gasteiger partial charge is 0.138 e. The van der Waals surface area contributed by atoms with Gasteiger partial charge in [0.25, 0.3) is 0 Å². The third-order valence-electron chi connectivity index (χ3n) is 2.63. The highest BCUT2D eigenvalue weighted by atomic mass is 16.1. The first-order valence-corrected chi connectivity index (χ1v) is 4.95. The predicted octanol–water partition coefficient (Wildman–Crippen LogP) is 1.70. The molecule has 0 amide bonds. The Kier molecular flexibility index (Phi) is 3.73. The zero-order valence-electron chi connectivity index (χ0n) is 8.18. The summed E-state index contributed by atoms with van der Waals surface area (Å²) in [6, 6.07) is 0. The van der Waals surface area contributed by atoms with Gasteiger partial charge in [0.1, 0.15) is 5.78 Å². The Labute approximate surface area is 74.9 Å². The van der Waals surface area contributed by atoms with E-state index >= 15 is 0 Å². The number of unbranched alkanes of at least 4 members (excludes halogenated alkanes) is 1. The molecule has 0 radical (unpaired) electrons. The Morgan fingerprint density at radius 3 is 3.00 bits per heavy atom. The first-order valence-electron chi connectivity index (χ1n) is 4.95. The van der Waals surface area contributed by atoms with Crippen LogP contribution in [0.2, 0.25) is 0 Å². The number of carbonyl (C=O) groups is 1. The average Bonchev–Trinajstić information content (AvgIpc) is 2.07. The second kappa shape index (κ2) is 4.61. The predicted molar refractivity (Wildman–Crippen MR) is 50.1 cm³/mol. The lowest BCUT2D eigenvalue weighted by Gasteiger charge is -2.28. The zero-order valence-corrected chi connectivity index (χ0v) is 8.18. The van der Waals surface area contributed by atoms with Crippen molar-refractivity contribution in [2.75, 3.05) is 20.1 Å². The molecule has 1 saturated heterocycles. The Morgan fingerprint density at radius 1 is 1.58 bits per heavy atom. The Bertz CT molecular complexity index is 156. The number of piperidine rings is 1. The van der Waals surface area contributed by atoms with E-state index in [9.17, 15) is 4.79 Å². The summed E-state index contributed by atoms with van der Waals surface area (Å²) in [5.74, 6) is 0.824. The lowest BCUT2D eigenvalue weighted by atomic mass is 9.92. The Balaban J connectivity index is 2.33. The molecular formula is C10H19NO. The van der Waals surface area contributed by atoms with Crippen LogP contribution < -0.4 is 0 Å². The first kappa shape index (κ1) is 9.72. The molecule has 2 heteroatoms. The third kappa shape index (κ3) is 2.59. The van der Waals surface area contributed by atoms with E-state index in [2.05, 4.69) is 18.9 Å². The van der Waals surface area contributed by atoms with Crippen LogP contribution in [0.25, 0.3) is 0 Å². The van der Waals surface area contributed by atoms with Crippen LogP contribution in [0.15, 0.2) is 0 Å². The number of hydrogen-bond donors (Lipinski definition) is 0. The van der Waals surface area contributed by atoms with Crippen molar-refractivity contribution in [2.45, 2.75) is 32.6 Å². The van der Waals surface area contributed by atoms with Gasteiger partial charge in [-0.25, -0.2) is 0 Å². The highest BCUT2D eigenvalue weighted by molar-refractivity contribution is 5.82. The van der Waals surface area contributed by atoms with Crippen molar-refractivity contribution in [3.8, 4) is 0 Å². The van der Waals surface area contributed by atoms with Gasteiger partial charge in [-0.15, -0.1) is 0 Å². The molecule has 12 heavy (non-hydrogen) atoms. The van der Waals surface area contributed by atoms with E-state index in [1.54, 1.807) is 0 Å². The number of hydrogen-bond acceptors (Lipinski definition) is 2. The van der Waals surface area contributed by atoms with E-state index in [1.807, 2.05) is 0 Å². The zero-order chi connectivity index (χ0) is 8.97. The van der Waals surface area contributed by atoms with Gasteiger partial charge in [-0.1, -0.05) is 19.8 Å². The van der Waals surface area contributed by atoms with Crippen molar-refractivity contribution in [3.05, 3.63) is 0 Å². The summed E-state index contributed by atoms with van der Waals surface area (Å²) in [7, 11) is 2.10. The highest BCUT2D eigenvalue weighted by Gasteiger charge is 2.23. The molecule has 2 nitrogen and oxygen atoms in total. The number of ketones is 1. The first-order chi connectivity index (χ1) is 5.74. The normalized spacial score (nSPS) is 26.2. The van der Waals surface area contributed by atoms with Crippen LogP contribution in [0.1, 0.15) is 32.6 Å². The van der Waals surface area contributed by atoms with Crippen molar-refractivity contribution in [1.82, 2.24) is 4.90 Å². The van der Waals surface area contributed by atoms with E-state index in [0.717, 1.165) is 25.9 Å². The summed E-state index contributed by atoms with van der Waals surface area (Å²) >= 11 is 0. The fraction of sp³-hybridized carbons (Fsp3) is 0.900. The van der Waals surface area contributed by atoms with Gasteiger partial charge < -0.3 is 4.90 Å². The maximum atomic E-state index is 11.4. The molecule has 0 aromatic rings. The van der Waals surface area contributed by atoms with Crippen molar-refractivity contribution in [1.29, 1.82) is 0 Å². The van der Waals surface area contributed by atoms with Gasteiger partial charge in [-0.2, -0.15) is 0 Å². The molecule has 0 N–H and O–H groups in total. The monoisotopic (exact) mass is 169 g/mol. The minimum atomic E-state index is 0.337. The number of likely N-dealkylation sites (tertiary alicyclic amines) is 1. The van der Waals surface area contributed by atoms with Gasteiger partial charge in [0.2, 0.25) is 0 Å². The van der Waals surface area contributed by atoms with Gasteiger partial charge in [-0.3, -0.25) is 4.79 Å². The summed E-state index contributed by atoms with van der Waals surface area (Å²) < 4.78 is 0. The quantitative estimate of drug-likeness (QED) is 0.641. The minimum absolute atomic E-state index is 0.337. The van der Waals surface area contributed by atoms with Crippen molar-refractivity contribution >= 4 is 5.78 Å². The third-order valence-corrected chi connectivity index (χ3v) is 2.63. The molecule has 1 fully saturated rings. The van der Waals surface area contributed by atoms with Gasteiger partial charge >= 0.3 is 0 Å². The maximum Gasteiger partial charge on any atom is 0.138 e. The highest BCUT2D eigenvalue weighted by Crippen LogP contribution is 2.17. The summed E-state index contributed by atoms with van der Waals surface area (Å²) in [5.41, 5.74) is 0. The fourth-order valence-electron chi connectivity index (χ4n) is 1.78. The Morgan fingerprint density at radius 2 is 2.33 bits per heavy atom. The number of rotatable bonds is 3. The van der Waals surface area contributed by atoms with Crippen LogP contribution in [-0.2, 0) is 4.79 Å². The van der Waals surface area contributed by atoms with Gasteiger partial charge in [0.05, 0.1) is 0 Å². The number of carbonyl (C=O) groups excluding carboxylic acids is 1. The second-order valence-corrected chi connectivity index (χ2v) is 3.82. The van der Waals surface area contributed by atoms with E-state index in [4.69, 9.17) is 0 Å². The van der Waals surface area contributed by atoms with Crippen LogP contribution >= 0.6 is 0 Å². The van der Waals surface area contributed by atoms with Crippen LogP contribution in [0.3, 0.4) is 0 Å². The summed E-state index contributed by atoms with van der Waals surface area (Å²) in [6.45, 7) is 4.12. The lowest BCUT2D eigenvalue weighted by Crippen LogP contribution is -2.38. The van der Waals surface area contributed by atoms with Gasteiger partial charge in [0, 0.05) is 25.4 Å². The minimum Gasteiger partial charge on any atom is -0.305 e. The van der Waals surface area contributed by atoms with E-state index in [-0.39, 0.29) is 0 Å². The molecule has 0 aromatic heterocycles. The number of nitrogens with zero attached hydrogens (tertiary/aromatic N) is 1. The van der Waals surface area contributed by atoms with Gasteiger partial charge in [-0.05, 0) is 13.5 Å². The second-order valence-electron chi connectivity index (χ2n) is 3.82.